The van der Waals surface area contributed by atoms with Gasteiger partial charge in [-0.3, -0.25) is 14.9 Å². The molecule has 2 heterocycles. The van der Waals surface area contributed by atoms with Crippen LogP contribution in [-0.2, 0) is 9.59 Å². The molecule has 2 aromatic carbocycles. The lowest BCUT2D eigenvalue weighted by Crippen LogP contribution is -2.54. The Morgan fingerprint density at radius 2 is 1.91 bits per heavy atom. The first-order valence-corrected chi connectivity index (χ1v) is 11.1. The zero-order valence-corrected chi connectivity index (χ0v) is 19.5. The van der Waals surface area contributed by atoms with Crippen LogP contribution in [-0.4, -0.2) is 29.9 Å². The third-order valence-electron chi connectivity index (χ3n) is 6.48. The van der Waals surface area contributed by atoms with Crippen LogP contribution in [0.4, 0.5) is 20.6 Å². The fourth-order valence-electron chi connectivity index (χ4n) is 5.04. The molecule has 1 atom stereocenters. The first kappa shape index (κ1) is 22.7. The summed E-state index contributed by atoms with van der Waals surface area (Å²) in [5.41, 5.74) is 2.75. The number of amides is 4. The molecule has 1 unspecified atom stereocenters. The van der Waals surface area contributed by atoms with E-state index in [1.54, 1.807) is 24.3 Å². The van der Waals surface area contributed by atoms with E-state index in [1.807, 2.05) is 19.9 Å². The van der Waals surface area contributed by atoms with E-state index in [-0.39, 0.29) is 22.6 Å². The van der Waals surface area contributed by atoms with E-state index in [1.165, 1.54) is 12.1 Å². The molecule has 0 spiro atoms. The molecule has 7 heteroatoms. The monoisotopic (exact) mass is 449 g/mol. The second-order valence-electron chi connectivity index (χ2n) is 9.39. The van der Waals surface area contributed by atoms with E-state index in [0.29, 0.717) is 5.69 Å². The van der Waals surface area contributed by atoms with E-state index >= 15 is 4.39 Å². The van der Waals surface area contributed by atoms with Crippen molar-refractivity contribution in [1.82, 2.24) is 5.32 Å². The van der Waals surface area contributed by atoms with E-state index in [2.05, 4.69) is 31.0 Å². The lowest BCUT2D eigenvalue weighted by Gasteiger charge is -2.47. The Hall–Kier alpha value is -3.48. The number of carbonyl (C=O) groups is 3. The van der Waals surface area contributed by atoms with Crippen LogP contribution >= 0.6 is 0 Å². The van der Waals surface area contributed by atoms with Crippen LogP contribution in [0.3, 0.4) is 0 Å². The molecule has 0 aliphatic carbocycles. The van der Waals surface area contributed by atoms with Gasteiger partial charge in [0, 0.05) is 23.3 Å². The zero-order chi connectivity index (χ0) is 24.1. The van der Waals surface area contributed by atoms with Crippen LogP contribution in [0.25, 0.3) is 6.08 Å². The Kier molecular flexibility index (Phi) is 5.60. The van der Waals surface area contributed by atoms with E-state index in [4.69, 9.17) is 0 Å². The highest BCUT2D eigenvalue weighted by atomic mass is 19.1. The highest BCUT2D eigenvalue weighted by molar-refractivity contribution is 6.39. The summed E-state index contributed by atoms with van der Waals surface area (Å²) < 4.78 is 15.2. The minimum Gasteiger partial charge on any atom is -0.366 e. The van der Waals surface area contributed by atoms with Gasteiger partial charge in [0.05, 0.1) is 5.69 Å². The molecule has 172 valence electrons. The molecule has 1 fully saturated rings. The van der Waals surface area contributed by atoms with Crippen molar-refractivity contribution < 1.29 is 18.8 Å². The fourth-order valence-corrected chi connectivity index (χ4v) is 5.04. The molecule has 2 aliphatic heterocycles. The molecular weight excluding hydrogens is 421 g/mol. The van der Waals surface area contributed by atoms with Gasteiger partial charge in [0.15, 0.2) is 0 Å². The van der Waals surface area contributed by atoms with E-state index < -0.39 is 23.7 Å². The molecule has 0 saturated carbocycles. The summed E-state index contributed by atoms with van der Waals surface area (Å²) in [6, 6.07) is 9.21. The molecule has 33 heavy (non-hydrogen) atoms. The number of nitrogens with zero attached hydrogens (tertiary/aromatic N) is 2. The Morgan fingerprint density at radius 1 is 1.18 bits per heavy atom. The molecule has 0 bridgehead atoms. The molecule has 0 radical (unpaired) electrons. The van der Waals surface area contributed by atoms with Gasteiger partial charge in [-0.25, -0.2) is 14.1 Å². The predicted molar refractivity (Wildman–Crippen MR) is 127 cm³/mol. The van der Waals surface area contributed by atoms with Crippen LogP contribution < -0.4 is 15.1 Å². The Morgan fingerprint density at radius 3 is 2.58 bits per heavy atom. The average molecular weight is 450 g/mol. The molecule has 0 aromatic heterocycles. The van der Waals surface area contributed by atoms with Crippen LogP contribution in [0, 0.1) is 12.7 Å². The number of fused-ring (bicyclic) bond motifs is 1. The number of halogens is 1. The topological polar surface area (TPSA) is 69.7 Å². The zero-order valence-electron chi connectivity index (χ0n) is 19.5. The number of imide groups is 2. The number of barbiturate groups is 1. The minimum atomic E-state index is -0.838. The number of aryl methyl sites for hydroxylation is 1. The first-order valence-electron chi connectivity index (χ1n) is 11.1. The van der Waals surface area contributed by atoms with Crippen molar-refractivity contribution in [2.24, 2.45) is 0 Å². The molecule has 2 aliphatic rings. The van der Waals surface area contributed by atoms with Crippen LogP contribution in [0.5, 0.6) is 0 Å². The summed E-state index contributed by atoms with van der Waals surface area (Å²) in [6.07, 6.45) is 2.13. The van der Waals surface area contributed by atoms with Crippen LogP contribution in [0.15, 0.2) is 42.0 Å². The molecular formula is C26H28FN3O3. The van der Waals surface area contributed by atoms with Gasteiger partial charge in [0.25, 0.3) is 11.8 Å². The number of hydrogen-bond donors (Lipinski definition) is 1. The largest absolute Gasteiger partial charge is 0.366 e. The van der Waals surface area contributed by atoms with Gasteiger partial charge in [-0.2, -0.15) is 0 Å². The molecule has 2 aromatic rings. The summed E-state index contributed by atoms with van der Waals surface area (Å²) in [4.78, 5) is 41.2. The number of carbonyl (C=O) groups excluding carboxylic acids is 3. The van der Waals surface area contributed by atoms with Gasteiger partial charge in [-0.1, -0.05) is 19.1 Å². The highest BCUT2D eigenvalue weighted by Crippen LogP contribution is 2.44. The predicted octanol–water partition coefficient (Wildman–Crippen LogP) is 4.91. The number of urea groups is 1. The second kappa shape index (κ2) is 8.14. The number of hydrogen-bond acceptors (Lipinski definition) is 4. The second-order valence-corrected chi connectivity index (χ2v) is 9.39. The van der Waals surface area contributed by atoms with Gasteiger partial charge < -0.3 is 4.90 Å². The maximum absolute atomic E-state index is 15.2. The van der Waals surface area contributed by atoms with Gasteiger partial charge >= 0.3 is 6.03 Å². The molecule has 1 saturated heterocycles. The van der Waals surface area contributed by atoms with Gasteiger partial charge in [0.1, 0.15) is 11.4 Å². The summed E-state index contributed by atoms with van der Waals surface area (Å²) in [5.74, 6) is -1.97. The molecule has 6 nitrogen and oxygen atoms in total. The van der Waals surface area contributed by atoms with Crippen molar-refractivity contribution in [2.75, 3.05) is 16.3 Å². The third-order valence-corrected chi connectivity index (χ3v) is 6.48. The minimum absolute atomic E-state index is 0.110. The van der Waals surface area contributed by atoms with Crippen LogP contribution in [0.1, 0.15) is 56.7 Å². The van der Waals surface area contributed by atoms with E-state index in [9.17, 15) is 14.4 Å². The summed E-state index contributed by atoms with van der Waals surface area (Å²) in [5, 5.41) is 2.19. The number of nitrogens with one attached hydrogen (secondary N) is 1. The van der Waals surface area contributed by atoms with Crippen molar-refractivity contribution in [3.05, 3.63) is 64.5 Å². The quantitative estimate of drug-likeness (QED) is 0.534. The average Bonchev–Trinajstić information content (AvgIpc) is 2.71. The normalized spacial score (nSPS) is 21.3. The van der Waals surface area contributed by atoms with Crippen LogP contribution in [0.2, 0.25) is 0 Å². The number of rotatable bonds is 3. The lowest BCUT2D eigenvalue weighted by molar-refractivity contribution is -0.122. The molecule has 4 amide bonds. The van der Waals surface area contributed by atoms with E-state index in [0.717, 1.165) is 34.7 Å². The highest BCUT2D eigenvalue weighted by Gasteiger charge is 2.38. The Balaban J connectivity index is 1.78. The lowest BCUT2D eigenvalue weighted by atomic mass is 9.79. The van der Waals surface area contributed by atoms with Crippen molar-refractivity contribution >= 4 is 35.3 Å². The summed E-state index contributed by atoms with van der Waals surface area (Å²) in [7, 11) is 0. The molecule has 4 rings (SSSR count). The van der Waals surface area contributed by atoms with Crippen molar-refractivity contribution in [1.29, 1.82) is 0 Å². The maximum Gasteiger partial charge on any atom is 0.335 e. The Labute approximate surface area is 193 Å². The van der Waals surface area contributed by atoms with Gasteiger partial charge in [-0.05, 0) is 81.5 Å². The summed E-state index contributed by atoms with van der Waals surface area (Å²) >= 11 is 0. The smallest absolute Gasteiger partial charge is 0.335 e. The Bertz CT molecular complexity index is 1200. The maximum atomic E-state index is 15.2. The fraction of sp³-hybridized carbons (Fsp3) is 0.346. The standard InChI is InChI=1S/C26H28FN3O3/c1-6-29-22-13-21(27)17(11-19(22)16(3)14-26(29,4)5)12-20-23(31)28-25(33)30(24(20)32)18-9-7-8-15(2)10-18/h7-13,16H,6,14H2,1-5H3,(H,28,31,33)/b20-12-. The SMILES string of the molecule is CCN1c2cc(F)c(/C=C3/C(=O)NC(=O)N(c4cccc(C)c4)C3=O)cc2C(C)CC1(C)C. The molecule has 1 N–H and O–H groups in total. The summed E-state index contributed by atoms with van der Waals surface area (Å²) in [6.45, 7) is 11.0. The van der Waals surface area contributed by atoms with Gasteiger partial charge in [-0.15, -0.1) is 0 Å². The number of benzene rings is 2. The number of anilines is 2. The first-order chi connectivity index (χ1) is 15.5. The van der Waals surface area contributed by atoms with Crippen molar-refractivity contribution in [2.45, 2.75) is 52.5 Å². The van der Waals surface area contributed by atoms with Crippen molar-refractivity contribution in [3.63, 3.8) is 0 Å². The third kappa shape index (κ3) is 3.92. The van der Waals surface area contributed by atoms with Crippen molar-refractivity contribution in [3.8, 4) is 0 Å². The van der Waals surface area contributed by atoms with Gasteiger partial charge in [0.2, 0.25) is 0 Å².